The molecule has 0 radical (unpaired) electrons. The summed E-state index contributed by atoms with van der Waals surface area (Å²) >= 11 is 5.65. The summed E-state index contributed by atoms with van der Waals surface area (Å²) in [5, 5.41) is 0. The minimum atomic E-state index is -0.161. The molecule has 3 aliphatic rings. The maximum Gasteiger partial charge on any atom is 0.234 e. The molecule has 2 aromatic carbocycles. The Morgan fingerprint density at radius 2 is 1.94 bits per heavy atom. The summed E-state index contributed by atoms with van der Waals surface area (Å²) in [7, 11) is 1.70. The quantitative estimate of drug-likeness (QED) is 0.427. The summed E-state index contributed by atoms with van der Waals surface area (Å²) < 4.78 is 18.9. The second-order valence-electron chi connectivity index (χ2n) is 10.1. The Bertz CT molecular complexity index is 1020. The minimum Gasteiger partial charge on any atom is -0.493 e. The van der Waals surface area contributed by atoms with Crippen molar-refractivity contribution in [1.82, 2.24) is 4.84 Å². The van der Waals surface area contributed by atoms with Crippen LogP contribution in [0.4, 0.5) is 0 Å². The number of nitrogens with one attached hydrogen (secondary N) is 1. The molecule has 5 nitrogen and oxygen atoms in total. The molecule has 6 heteroatoms. The largest absolute Gasteiger partial charge is 0.493 e. The third-order valence-corrected chi connectivity index (χ3v) is 8.20. The van der Waals surface area contributed by atoms with Crippen molar-refractivity contribution in [3.05, 3.63) is 53.6 Å². The van der Waals surface area contributed by atoms with E-state index in [-0.39, 0.29) is 29.4 Å². The highest BCUT2D eigenvalue weighted by molar-refractivity contribution is 6.21. The van der Waals surface area contributed by atoms with E-state index in [1.807, 2.05) is 18.2 Å². The fourth-order valence-electron chi connectivity index (χ4n) is 6.09. The van der Waals surface area contributed by atoms with Gasteiger partial charge < -0.3 is 14.2 Å². The van der Waals surface area contributed by atoms with E-state index in [1.165, 1.54) is 24.8 Å². The minimum absolute atomic E-state index is 0.0722. The zero-order valence-electron chi connectivity index (χ0n) is 19.9. The molecular weight excluding hydrogens is 450 g/mol. The Morgan fingerprint density at radius 3 is 2.65 bits per heavy atom. The molecule has 1 aliphatic heterocycles. The van der Waals surface area contributed by atoms with Crippen molar-refractivity contribution in [3.8, 4) is 17.2 Å². The summed E-state index contributed by atoms with van der Waals surface area (Å²) in [5.41, 5.74) is 2.23. The van der Waals surface area contributed by atoms with Crippen LogP contribution in [0.3, 0.4) is 0 Å². The monoisotopic (exact) mass is 483 g/mol. The maximum absolute atomic E-state index is 12.2. The van der Waals surface area contributed by atoms with Crippen LogP contribution in [0.5, 0.6) is 17.2 Å². The Hall–Kier alpha value is -2.40. The fourth-order valence-corrected chi connectivity index (χ4v) is 6.19. The molecule has 1 heterocycles. The number of methoxy groups -OCH3 is 1. The lowest BCUT2D eigenvalue weighted by Crippen LogP contribution is -2.47. The summed E-state index contributed by atoms with van der Waals surface area (Å²) in [5.74, 6) is 2.70. The molecule has 2 fully saturated rings. The van der Waals surface area contributed by atoms with Crippen molar-refractivity contribution in [2.75, 3.05) is 7.11 Å². The first-order chi connectivity index (χ1) is 16.6. The molecule has 1 amide bonds. The van der Waals surface area contributed by atoms with Crippen LogP contribution in [0.25, 0.3) is 0 Å². The molecular formula is C28H34ClNO4. The van der Waals surface area contributed by atoms with Gasteiger partial charge in [-0.2, -0.15) is 0 Å². The van der Waals surface area contributed by atoms with Crippen molar-refractivity contribution in [2.24, 2.45) is 0 Å². The number of fused-ring (bicyclic) bond motifs is 1. The molecule has 2 atom stereocenters. The first kappa shape index (κ1) is 23.3. The number of carbonyl (C=O) groups is 1. The Balaban J connectivity index is 1.57. The Morgan fingerprint density at radius 1 is 1.15 bits per heavy atom. The molecule has 1 N–H and O–H groups in total. The van der Waals surface area contributed by atoms with Crippen LogP contribution in [0.15, 0.2) is 42.5 Å². The van der Waals surface area contributed by atoms with Crippen molar-refractivity contribution < 1.29 is 19.0 Å². The van der Waals surface area contributed by atoms with Gasteiger partial charge in [0.05, 0.1) is 13.2 Å². The molecule has 0 aromatic heterocycles. The lowest BCUT2D eigenvalue weighted by atomic mass is 9.65. The predicted molar refractivity (Wildman–Crippen MR) is 133 cm³/mol. The van der Waals surface area contributed by atoms with E-state index < -0.39 is 0 Å². The van der Waals surface area contributed by atoms with Crippen molar-refractivity contribution >= 4 is 17.7 Å². The van der Waals surface area contributed by atoms with Gasteiger partial charge in [0.15, 0.2) is 11.5 Å². The summed E-state index contributed by atoms with van der Waals surface area (Å²) in [6, 6.07) is 14.6. The lowest BCUT2D eigenvalue weighted by molar-refractivity contribution is -0.119. The van der Waals surface area contributed by atoms with Gasteiger partial charge in [-0.15, -0.1) is 0 Å². The van der Waals surface area contributed by atoms with E-state index in [0.29, 0.717) is 12.8 Å². The molecule has 34 heavy (non-hydrogen) atoms. The molecule has 0 bridgehead atoms. The van der Waals surface area contributed by atoms with Crippen LogP contribution in [0.1, 0.15) is 87.2 Å². The van der Waals surface area contributed by atoms with Crippen molar-refractivity contribution in [2.45, 2.75) is 87.7 Å². The third kappa shape index (κ3) is 4.59. The number of hydrogen-bond acceptors (Lipinski definition) is 4. The Kier molecular flexibility index (Phi) is 6.91. The van der Waals surface area contributed by atoms with Gasteiger partial charge in [-0.25, -0.2) is 0 Å². The average Bonchev–Trinajstić information content (AvgIpc) is 3.36. The van der Waals surface area contributed by atoms with Crippen LogP contribution in [-0.4, -0.2) is 24.7 Å². The third-order valence-electron chi connectivity index (χ3n) is 7.99. The first-order valence-corrected chi connectivity index (χ1v) is 13.0. The lowest BCUT2D eigenvalue weighted by Gasteiger charge is -2.49. The molecule has 1 spiro atoms. The van der Waals surface area contributed by atoms with E-state index in [1.54, 1.807) is 7.11 Å². The highest BCUT2D eigenvalue weighted by atomic mass is 35.5. The van der Waals surface area contributed by atoms with Crippen molar-refractivity contribution in [3.63, 3.8) is 0 Å². The van der Waals surface area contributed by atoms with Gasteiger partial charge in [0, 0.05) is 23.8 Å². The standard InChI is InChI=1S/C28H34ClNO4/c1-32-25-13-6-11-22(27(25)33-19-8-2-3-9-19)20(14-15-26(31)30-29)23-18-28(16-7-17-28)34-24-12-5-4-10-21(23)24/h4-6,10-13,19-20,23H,2-3,7-9,14-18H2,1H3,(H,30,31). The number of para-hydroxylation sites is 2. The number of amides is 1. The molecule has 5 rings (SSSR count). The van der Waals surface area contributed by atoms with Gasteiger partial charge in [-0.3, -0.25) is 9.63 Å². The number of hydrogen-bond donors (Lipinski definition) is 1. The molecule has 2 aliphatic carbocycles. The zero-order chi connectivity index (χ0) is 23.5. The van der Waals surface area contributed by atoms with Gasteiger partial charge in [-0.1, -0.05) is 30.3 Å². The SMILES string of the molecule is COc1cccc(C(CCC(=O)NCl)C2CC3(CCC3)Oc3ccccc32)c1OC1CCCC1. The van der Waals surface area contributed by atoms with Crippen LogP contribution < -0.4 is 19.0 Å². The average molecular weight is 484 g/mol. The van der Waals surface area contributed by atoms with E-state index in [2.05, 4.69) is 29.1 Å². The first-order valence-electron chi connectivity index (χ1n) is 12.6. The smallest absolute Gasteiger partial charge is 0.234 e. The fraction of sp³-hybridized carbons (Fsp3) is 0.536. The van der Waals surface area contributed by atoms with E-state index in [4.69, 9.17) is 26.0 Å². The Labute approximate surface area is 207 Å². The summed E-state index contributed by atoms with van der Waals surface area (Å²) in [6.45, 7) is 0. The second-order valence-corrected chi connectivity index (χ2v) is 10.2. The number of benzene rings is 2. The molecule has 2 saturated carbocycles. The highest BCUT2D eigenvalue weighted by Crippen LogP contribution is 2.56. The van der Waals surface area contributed by atoms with Crippen LogP contribution in [0, 0.1) is 0 Å². The normalized spacial score (nSPS) is 21.8. The number of halogens is 1. The van der Waals surface area contributed by atoms with Crippen molar-refractivity contribution in [1.29, 1.82) is 0 Å². The summed E-state index contributed by atoms with van der Waals surface area (Å²) in [6.07, 6.45) is 10.1. The molecule has 2 aromatic rings. The van der Waals surface area contributed by atoms with Gasteiger partial charge in [-0.05, 0) is 87.3 Å². The van der Waals surface area contributed by atoms with Gasteiger partial charge in [0.2, 0.25) is 5.91 Å². The van der Waals surface area contributed by atoms with Gasteiger partial charge >= 0.3 is 0 Å². The molecule has 182 valence electrons. The van der Waals surface area contributed by atoms with Crippen LogP contribution >= 0.6 is 11.8 Å². The number of carbonyl (C=O) groups excluding carboxylic acids is 1. The molecule has 0 saturated heterocycles. The number of rotatable bonds is 8. The second kappa shape index (κ2) is 10.1. The topological polar surface area (TPSA) is 56.8 Å². The van der Waals surface area contributed by atoms with Crippen LogP contribution in [0.2, 0.25) is 0 Å². The van der Waals surface area contributed by atoms with E-state index in [0.717, 1.165) is 54.9 Å². The van der Waals surface area contributed by atoms with E-state index in [9.17, 15) is 4.79 Å². The summed E-state index contributed by atoms with van der Waals surface area (Å²) in [4.78, 5) is 14.5. The number of ether oxygens (including phenoxy) is 3. The van der Waals surface area contributed by atoms with Gasteiger partial charge in [0.25, 0.3) is 0 Å². The zero-order valence-corrected chi connectivity index (χ0v) is 20.6. The highest BCUT2D eigenvalue weighted by Gasteiger charge is 2.48. The van der Waals surface area contributed by atoms with E-state index >= 15 is 0 Å². The van der Waals surface area contributed by atoms with Crippen LogP contribution in [-0.2, 0) is 4.79 Å². The predicted octanol–water partition coefficient (Wildman–Crippen LogP) is 6.64. The molecule has 2 unspecified atom stereocenters. The maximum atomic E-state index is 12.2. The van der Waals surface area contributed by atoms with Gasteiger partial charge in [0.1, 0.15) is 11.4 Å².